The number of hydrogen-bond donors (Lipinski definition) is 2. The number of carbonyl (C=O) groups is 1. The van der Waals surface area contributed by atoms with E-state index < -0.39 is 0 Å². The Kier molecular flexibility index (Phi) is 4.20. The lowest BCUT2D eigenvalue weighted by Crippen LogP contribution is -2.24. The van der Waals surface area contributed by atoms with Gasteiger partial charge in [-0.05, 0) is 18.6 Å². The molecular formula is C14H15N3O2. The normalized spacial score (nSPS) is 10.2. The summed E-state index contributed by atoms with van der Waals surface area (Å²) in [6.45, 7) is 1.92. The van der Waals surface area contributed by atoms with Crippen molar-refractivity contribution in [1.82, 2.24) is 15.3 Å². The van der Waals surface area contributed by atoms with Crippen molar-refractivity contribution in [2.75, 3.05) is 0 Å². The third kappa shape index (κ3) is 3.59. The molecular weight excluding hydrogens is 242 g/mol. The van der Waals surface area contributed by atoms with Crippen LogP contribution in [0.5, 0.6) is 0 Å². The van der Waals surface area contributed by atoms with Crippen LogP contribution in [0.4, 0.5) is 0 Å². The van der Waals surface area contributed by atoms with E-state index in [1.807, 2.05) is 30.3 Å². The van der Waals surface area contributed by atoms with Gasteiger partial charge in [0.25, 0.3) is 5.91 Å². The molecule has 1 amide bonds. The number of nitrogens with zero attached hydrogens (tertiary/aromatic N) is 2. The molecule has 5 heteroatoms. The molecule has 2 rings (SSSR count). The number of aromatic nitrogens is 2. The molecule has 0 fully saturated rings. The molecule has 0 aliphatic heterocycles. The van der Waals surface area contributed by atoms with E-state index in [0.29, 0.717) is 18.1 Å². The lowest BCUT2D eigenvalue weighted by atomic mass is 10.2. The molecule has 0 saturated heterocycles. The van der Waals surface area contributed by atoms with Gasteiger partial charge in [-0.2, -0.15) is 0 Å². The quantitative estimate of drug-likeness (QED) is 0.863. The van der Waals surface area contributed by atoms with E-state index in [2.05, 4.69) is 15.3 Å². The summed E-state index contributed by atoms with van der Waals surface area (Å²) in [5.74, 6) is 0.195. The van der Waals surface area contributed by atoms with Gasteiger partial charge in [0.2, 0.25) is 0 Å². The number of aliphatic hydroxyl groups excluding tert-OH is 1. The molecule has 0 spiro atoms. The van der Waals surface area contributed by atoms with Crippen molar-refractivity contribution in [3.63, 3.8) is 0 Å². The summed E-state index contributed by atoms with van der Waals surface area (Å²) in [5, 5.41) is 11.8. The first-order chi connectivity index (χ1) is 9.19. The van der Waals surface area contributed by atoms with Gasteiger partial charge < -0.3 is 10.4 Å². The van der Waals surface area contributed by atoms with Gasteiger partial charge in [0.05, 0.1) is 12.3 Å². The van der Waals surface area contributed by atoms with E-state index >= 15 is 0 Å². The fraction of sp³-hybridized carbons (Fsp3) is 0.214. The summed E-state index contributed by atoms with van der Waals surface area (Å²) in [5.41, 5.74) is 1.73. The van der Waals surface area contributed by atoms with Crippen molar-refractivity contribution in [1.29, 1.82) is 0 Å². The van der Waals surface area contributed by atoms with E-state index in [4.69, 9.17) is 5.11 Å². The van der Waals surface area contributed by atoms with Crippen LogP contribution in [0, 0.1) is 6.92 Å². The van der Waals surface area contributed by atoms with Crippen molar-refractivity contribution >= 4 is 5.91 Å². The molecule has 0 bridgehead atoms. The molecule has 0 unspecified atom stereocenters. The zero-order valence-electron chi connectivity index (χ0n) is 10.6. The highest BCUT2D eigenvalue weighted by atomic mass is 16.3. The van der Waals surface area contributed by atoms with Crippen molar-refractivity contribution in [3.8, 4) is 0 Å². The lowest BCUT2D eigenvalue weighted by molar-refractivity contribution is 0.0945. The molecule has 0 aliphatic rings. The Balaban J connectivity index is 2.06. The molecule has 0 radical (unpaired) electrons. The van der Waals surface area contributed by atoms with Gasteiger partial charge in [-0.1, -0.05) is 30.3 Å². The second kappa shape index (κ2) is 6.06. The maximum atomic E-state index is 12.0. The number of amides is 1. The van der Waals surface area contributed by atoms with Crippen LogP contribution in [0.1, 0.15) is 27.6 Å². The average molecular weight is 257 g/mol. The topological polar surface area (TPSA) is 75.1 Å². The molecule has 1 aromatic heterocycles. The van der Waals surface area contributed by atoms with Gasteiger partial charge in [0.1, 0.15) is 11.5 Å². The molecule has 98 valence electrons. The van der Waals surface area contributed by atoms with Crippen molar-refractivity contribution in [2.24, 2.45) is 0 Å². The first kappa shape index (κ1) is 13.2. The number of benzene rings is 1. The van der Waals surface area contributed by atoms with Crippen LogP contribution in [0.3, 0.4) is 0 Å². The number of aryl methyl sites for hydroxylation is 1. The first-order valence-corrected chi connectivity index (χ1v) is 5.96. The Morgan fingerprint density at radius 2 is 2.00 bits per heavy atom. The Bertz CT molecular complexity index is 570. The van der Waals surface area contributed by atoms with E-state index in [0.717, 1.165) is 5.56 Å². The fourth-order valence-corrected chi connectivity index (χ4v) is 1.70. The summed E-state index contributed by atoms with van der Waals surface area (Å²) in [4.78, 5) is 20.0. The van der Waals surface area contributed by atoms with E-state index in [-0.39, 0.29) is 18.2 Å². The minimum absolute atomic E-state index is 0.206. The van der Waals surface area contributed by atoms with Gasteiger partial charge in [-0.25, -0.2) is 9.97 Å². The summed E-state index contributed by atoms with van der Waals surface area (Å²) in [6.07, 6.45) is 0. The summed E-state index contributed by atoms with van der Waals surface area (Å²) in [6, 6.07) is 11.1. The van der Waals surface area contributed by atoms with Crippen LogP contribution in [-0.4, -0.2) is 21.0 Å². The standard InChI is InChI=1S/C14H15N3O2/c1-10-16-12(9-18)7-13(17-10)14(19)15-8-11-5-3-2-4-6-11/h2-7,18H,8-9H2,1H3,(H,15,19). The van der Waals surface area contributed by atoms with E-state index in [9.17, 15) is 4.79 Å². The van der Waals surface area contributed by atoms with E-state index in [1.165, 1.54) is 6.07 Å². The largest absolute Gasteiger partial charge is 0.390 e. The predicted octanol–water partition coefficient (Wildman–Crippen LogP) is 1.21. The van der Waals surface area contributed by atoms with Crippen molar-refractivity contribution in [3.05, 3.63) is 59.2 Å². The minimum atomic E-state index is -0.274. The molecule has 2 N–H and O–H groups in total. The van der Waals surface area contributed by atoms with Crippen molar-refractivity contribution in [2.45, 2.75) is 20.1 Å². The third-order valence-corrected chi connectivity index (χ3v) is 2.58. The fourth-order valence-electron chi connectivity index (χ4n) is 1.70. The maximum Gasteiger partial charge on any atom is 0.270 e. The second-order valence-corrected chi connectivity index (χ2v) is 4.12. The molecule has 2 aromatic rings. The van der Waals surface area contributed by atoms with Crippen LogP contribution >= 0.6 is 0 Å². The summed E-state index contributed by atoms with van der Waals surface area (Å²) in [7, 11) is 0. The summed E-state index contributed by atoms with van der Waals surface area (Å²) >= 11 is 0. The highest BCUT2D eigenvalue weighted by Crippen LogP contribution is 2.03. The van der Waals surface area contributed by atoms with Gasteiger partial charge in [0, 0.05) is 6.54 Å². The number of aliphatic hydroxyl groups is 1. The molecule has 0 aliphatic carbocycles. The Labute approximate surface area is 111 Å². The predicted molar refractivity (Wildman–Crippen MR) is 70.3 cm³/mol. The van der Waals surface area contributed by atoms with Crippen LogP contribution in [0.15, 0.2) is 36.4 Å². The Morgan fingerprint density at radius 3 is 2.68 bits per heavy atom. The monoisotopic (exact) mass is 257 g/mol. The second-order valence-electron chi connectivity index (χ2n) is 4.12. The van der Waals surface area contributed by atoms with Gasteiger partial charge >= 0.3 is 0 Å². The van der Waals surface area contributed by atoms with E-state index in [1.54, 1.807) is 6.92 Å². The number of carbonyl (C=O) groups excluding carboxylic acids is 1. The first-order valence-electron chi connectivity index (χ1n) is 5.96. The molecule has 5 nitrogen and oxygen atoms in total. The average Bonchev–Trinajstić information content (AvgIpc) is 2.45. The number of nitrogens with one attached hydrogen (secondary N) is 1. The van der Waals surface area contributed by atoms with Gasteiger partial charge in [-0.15, -0.1) is 0 Å². The number of hydrogen-bond acceptors (Lipinski definition) is 4. The molecule has 1 aromatic carbocycles. The smallest absolute Gasteiger partial charge is 0.270 e. The third-order valence-electron chi connectivity index (χ3n) is 2.58. The summed E-state index contributed by atoms with van der Waals surface area (Å²) < 4.78 is 0. The zero-order valence-corrected chi connectivity index (χ0v) is 10.6. The molecule has 1 heterocycles. The highest BCUT2D eigenvalue weighted by molar-refractivity contribution is 5.92. The Hall–Kier alpha value is -2.27. The van der Waals surface area contributed by atoms with Crippen LogP contribution in [-0.2, 0) is 13.2 Å². The molecule has 0 atom stereocenters. The SMILES string of the molecule is Cc1nc(CO)cc(C(=O)NCc2ccccc2)n1. The lowest BCUT2D eigenvalue weighted by Gasteiger charge is -2.06. The Morgan fingerprint density at radius 1 is 1.26 bits per heavy atom. The van der Waals surface area contributed by atoms with Crippen molar-refractivity contribution < 1.29 is 9.90 Å². The van der Waals surface area contributed by atoms with Crippen LogP contribution in [0.2, 0.25) is 0 Å². The van der Waals surface area contributed by atoms with Crippen LogP contribution in [0.25, 0.3) is 0 Å². The molecule has 0 saturated carbocycles. The maximum absolute atomic E-state index is 12.0. The molecule has 19 heavy (non-hydrogen) atoms. The zero-order chi connectivity index (χ0) is 13.7. The minimum Gasteiger partial charge on any atom is -0.390 e. The number of rotatable bonds is 4. The van der Waals surface area contributed by atoms with Gasteiger partial charge in [-0.3, -0.25) is 4.79 Å². The highest BCUT2D eigenvalue weighted by Gasteiger charge is 2.09. The van der Waals surface area contributed by atoms with Crippen LogP contribution < -0.4 is 5.32 Å². The van der Waals surface area contributed by atoms with Gasteiger partial charge in [0.15, 0.2) is 0 Å².